The van der Waals surface area contributed by atoms with Crippen molar-refractivity contribution in [3.8, 4) is 0 Å². The quantitative estimate of drug-likeness (QED) is 0.287. The number of aromatic nitrogens is 1. The van der Waals surface area contributed by atoms with Crippen LogP contribution in [0.4, 0.5) is 35.1 Å². The molecule has 0 aliphatic rings. The van der Waals surface area contributed by atoms with E-state index in [1.165, 1.54) is 0 Å². The first kappa shape index (κ1) is 15.3. The molecule has 23 heavy (non-hydrogen) atoms. The summed E-state index contributed by atoms with van der Waals surface area (Å²) < 4.78 is 107. The number of rotatable bonds is 0. The highest BCUT2D eigenvalue weighted by molar-refractivity contribution is 5.93. The molecule has 3 aromatic rings. The minimum absolute atomic E-state index is 1.36. The van der Waals surface area contributed by atoms with Crippen LogP contribution in [0.15, 0.2) is 4.79 Å². The third-order valence-electron chi connectivity index (χ3n) is 3.24. The molecule has 2 aromatic carbocycles. The van der Waals surface area contributed by atoms with Gasteiger partial charge in [-0.1, -0.05) is 0 Å². The Labute approximate surface area is 120 Å². The highest BCUT2D eigenvalue weighted by Crippen LogP contribution is 2.29. The summed E-state index contributed by atoms with van der Waals surface area (Å²) in [5.41, 5.74) is -4.59. The molecule has 0 radical (unpaired) electrons. The molecule has 0 spiro atoms. The second kappa shape index (κ2) is 4.67. The molecule has 0 aliphatic heterocycles. The first-order chi connectivity index (χ1) is 10.7. The number of fused-ring (bicyclic) bond motifs is 2. The third kappa shape index (κ3) is 1.77. The van der Waals surface area contributed by atoms with E-state index in [0.717, 1.165) is 0 Å². The number of hydrogen-bond acceptors (Lipinski definition) is 1. The first-order valence-electron chi connectivity index (χ1n) is 5.72. The van der Waals surface area contributed by atoms with Crippen molar-refractivity contribution in [3.63, 3.8) is 0 Å². The zero-order valence-corrected chi connectivity index (χ0v) is 10.4. The van der Waals surface area contributed by atoms with Crippen LogP contribution < -0.4 is 5.43 Å². The molecule has 1 N–H and O–H groups in total. The van der Waals surface area contributed by atoms with Gasteiger partial charge >= 0.3 is 0 Å². The zero-order chi connectivity index (χ0) is 17.2. The normalized spacial score (nSPS) is 11.7. The minimum atomic E-state index is -2.37. The molecule has 10 heteroatoms. The van der Waals surface area contributed by atoms with Crippen molar-refractivity contribution in [2.75, 3.05) is 0 Å². The lowest BCUT2D eigenvalue weighted by atomic mass is 10.1. The lowest BCUT2D eigenvalue weighted by Crippen LogP contribution is -2.15. The van der Waals surface area contributed by atoms with Gasteiger partial charge in [0.25, 0.3) is 0 Å². The maximum Gasteiger partial charge on any atom is 0.203 e. The standard InChI is InChI=1S/C13HF8NO/c14-3-1-11(9(20)7(18)5(3)16)22-12-2(13(1)23)4(15)6(17)8(19)10(12)21/h(H,22,23). The van der Waals surface area contributed by atoms with E-state index in [1.54, 1.807) is 4.98 Å². The maximum absolute atomic E-state index is 13.7. The van der Waals surface area contributed by atoms with Crippen LogP contribution in [0.3, 0.4) is 0 Å². The van der Waals surface area contributed by atoms with Crippen molar-refractivity contribution >= 4 is 21.8 Å². The van der Waals surface area contributed by atoms with Crippen molar-refractivity contribution in [1.29, 1.82) is 0 Å². The van der Waals surface area contributed by atoms with Crippen LogP contribution in [0.25, 0.3) is 21.8 Å². The molecule has 0 amide bonds. The minimum Gasteiger partial charge on any atom is -0.349 e. The third-order valence-corrected chi connectivity index (χ3v) is 3.24. The van der Waals surface area contributed by atoms with Crippen LogP contribution in [0.2, 0.25) is 0 Å². The Hall–Kier alpha value is -2.65. The van der Waals surface area contributed by atoms with Gasteiger partial charge in [0, 0.05) is 0 Å². The number of benzene rings is 2. The summed E-state index contributed by atoms with van der Waals surface area (Å²) in [5, 5.41) is -3.00. The number of halogens is 8. The van der Waals surface area contributed by atoms with Crippen molar-refractivity contribution in [2.45, 2.75) is 0 Å². The van der Waals surface area contributed by atoms with E-state index >= 15 is 0 Å². The van der Waals surface area contributed by atoms with Gasteiger partial charge in [0.15, 0.2) is 46.5 Å². The molecule has 0 bridgehead atoms. The summed E-state index contributed by atoms with van der Waals surface area (Å²) in [6.45, 7) is 0. The summed E-state index contributed by atoms with van der Waals surface area (Å²) in [6.07, 6.45) is 0. The molecule has 1 aromatic heterocycles. The highest BCUT2D eigenvalue weighted by Gasteiger charge is 2.28. The summed E-state index contributed by atoms with van der Waals surface area (Å²) in [4.78, 5) is 13.5. The molecule has 120 valence electrons. The van der Waals surface area contributed by atoms with E-state index in [9.17, 15) is 39.9 Å². The molecule has 3 rings (SSSR count). The molecule has 0 atom stereocenters. The highest BCUT2D eigenvalue weighted by atomic mass is 19.2. The molecule has 0 aliphatic carbocycles. The fraction of sp³-hybridized carbons (Fsp3) is 0. The molecule has 0 saturated carbocycles. The van der Waals surface area contributed by atoms with Gasteiger partial charge in [-0.05, 0) is 0 Å². The van der Waals surface area contributed by atoms with Crippen molar-refractivity contribution < 1.29 is 35.1 Å². The SMILES string of the molecule is O=c1c2c(F)c(F)c(F)c(F)c2[nH]c2c(F)c(F)c(F)c(F)c12. The van der Waals surface area contributed by atoms with Crippen molar-refractivity contribution in [3.05, 3.63) is 56.8 Å². The van der Waals surface area contributed by atoms with E-state index in [0.29, 0.717) is 0 Å². The van der Waals surface area contributed by atoms with Crippen molar-refractivity contribution in [2.24, 2.45) is 0 Å². The van der Waals surface area contributed by atoms with Gasteiger partial charge < -0.3 is 4.98 Å². The number of pyridine rings is 1. The van der Waals surface area contributed by atoms with Crippen LogP contribution in [0.1, 0.15) is 0 Å². The number of nitrogens with one attached hydrogen (secondary N) is 1. The van der Waals surface area contributed by atoms with Crippen molar-refractivity contribution in [1.82, 2.24) is 4.98 Å². The summed E-state index contributed by atoms with van der Waals surface area (Å²) in [6, 6.07) is 0. The van der Waals surface area contributed by atoms with Crippen LogP contribution >= 0.6 is 0 Å². The van der Waals surface area contributed by atoms with Gasteiger partial charge in [-0.3, -0.25) is 4.79 Å². The van der Waals surface area contributed by atoms with Gasteiger partial charge in [-0.2, -0.15) is 0 Å². The van der Waals surface area contributed by atoms with Gasteiger partial charge in [0.2, 0.25) is 5.43 Å². The Bertz CT molecular complexity index is 991. The monoisotopic (exact) mass is 339 g/mol. The molecule has 0 saturated heterocycles. The van der Waals surface area contributed by atoms with Gasteiger partial charge in [-0.15, -0.1) is 0 Å². The summed E-state index contributed by atoms with van der Waals surface area (Å²) in [7, 11) is 0. The van der Waals surface area contributed by atoms with Gasteiger partial charge in [0.1, 0.15) is 0 Å². The van der Waals surface area contributed by atoms with Gasteiger partial charge in [0.05, 0.1) is 21.8 Å². The number of aromatic amines is 1. The Morgan fingerprint density at radius 3 is 1.13 bits per heavy atom. The van der Waals surface area contributed by atoms with E-state index in [1.807, 2.05) is 0 Å². The molecule has 1 heterocycles. The van der Waals surface area contributed by atoms with Crippen LogP contribution in [0, 0.1) is 46.5 Å². The van der Waals surface area contributed by atoms with Crippen LogP contribution in [-0.2, 0) is 0 Å². The smallest absolute Gasteiger partial charge is 0.203 e. The van der Waals surface area contributed by atoms with Gasteiger partial charge in [-0.25, -0.2) is 35.1 Å². The van der Waals surface area contributed by atoms with Crippen LogP contribution in [0.5, 0.6) is 0 Å². The van der Waals surface area contributed by atoms with E-state index in [4.69, 9.17) is 0 Å². The molecule has 0 fully saturated rings. The average molecular weight is 339 g/mol. The van der Waals surface area contributed by atoms with E-state index in [2.05, 4.69) is 0 Å². The van der Waals surface area contributed by atoms with E-state index < -0.39 is 73.8 Å². The summed E-state index contributed by atoms with van der Waals surface area (Å²) >= 11 is 0. The lowest BCUT2D eigenvalue weighted by Gasteiger charge is -2.09. The predicted molar refractivity (Wildman–Crippen MR) is 61.7 cm³/mol. The van der Waals surface area contributed by atoms with E-state index in [-0.39, 0.29) is 0 Å². The molecular weight excluding hydrogens is 338 g/mol. The molecule has 0 unspecified atom stereocenters. The maximum atomic E-state index is 13.7. The summed E-state index contributed by atoms with van der Waals surface area (Å²) in [5.74, 6) is -18.0. The predicted octanol–water partition coefficient (Wildman–Crippen LogP) is 3.79. The Morgan fingerprint density at radius 1 is 0.478 bits per heavy atom. The fourth-order valence-corrected chi connectivity index (χ4v) is 2.17. The topological polar surface area (TPSA) is 32.9 Å². The lowest BCUT2D eigenvalue weighted by molar-refractivity contribution is 0.414. The number of H-pyrrole nitrogens is 1. The molecule has 2 nitrogen and oxygen atoms in total. The largest absolute Gasteiger partial charge is 0.349 e. The fourth-order valence-electron chi connectivity index (χ4n) is 2.17. The Kier molecular flexibility index (Phi) is 3.10. The average Bonchev–Trinajstić information content (AvgIpc) is 2.53. The second-order valence-corrected chi connectivity index (χ2v) is 4.47. The zero-order valence-electron chi connectivity index (χ0n) is 10.4. The Balaban J connectivity index is 2.77. The van der Waals surface area contributed by atoms with Crippen LogP contribution in [-0.4, -0.2) is 4.98 Å². The Morgan fingerprint density at radius 2 is 0.783 bits per heavy atom. The molecular formula is C13HF8NO. The number of hydrogen-bond donors (Lipinski definition) is 1. The first-order valence-corrected chi connectivity index (χ1v) is 5.72. The second-order valence-electron chi connectivity index (χ2n) is 4.47.